The molecule has 34 heteroatoms. The lowest BCUT2D eigenvalue weighted by Crippen LogP contribution is -2.45. The van der Waals surface area contributed by atoms with E-state index in [-0.39, 0.29) is 47.3 Å². The Morgan fingerprint density at radius 2 is 0.854 bits per heavy atom. The van der Waals surface area contributed by atoms with E-state index < -0.39 is 190 Å². The minimum absolute atomic E-state index is 0.0110. The number of carbonyl (C=O) groups is 4. The van der Waals surface area contributed by atoms with E-state index in [2.05, 4.69) is 30.4 Å². The first-order valence-electron chi connectivity index (χ1n) is 32.4. The molecule has 4 aromatic heterocycles. The zero-order valence-electron chi connectivity index (χ0n) is 58.6. The third kappa shape index (κ3) is 20.0. The number of aromatic nitrogens is 6. The normalized spacial score (nSPS) is 20.6. The number of rotatable bonds is 8. The van der Waals surface area contributed by atoms with Gasteiger partial charge in [0.25, 0.3) is 23.6 Å². The van der Waals surface area contributed by atoms with E-state index in [1.807, 2.05) is 0 Å². The zero-order chi connectivity index (χ0) is 76.4. The second-order valence-corrected chi connectivity index (χ2v) is 28.7. The van der Waals surface area contributed by atoms with E-state index >= 15 is 26.3 Å². The summed E-state index contributed by atoms with van der Waals surface area (Å²) in [5, 5.41) is 14.9. The van der Waals surface area contributed by atoms with Crippen LogP contribution in [0.1, 0.15) is 176 Å². The molecule has 6 aromatic rings. The highest BCUT2D eigenvalue weighted by molar-refractivity contribution is 6.12. The maximum absolute atomic E-state index is 15.3. The second kappa shape index (κ2) is 29.9. The van der Waals surface area contributed by atoms with Gasteiger partial charge in [-0.2, -0.15) is 62.5 Å². The number of benzene rings is 2. The lowest BCUT2D eigenvalue weighted by Gasteiger charge is -2.33. The Kier molecular flexibility index (Phi) is 23.1. The molecular weight excluding hydrogens is 1390 g/mol. The van der Waals surface area contributed by atoms with Crippen molar-refractivity contribution in [3.63, 3.8) is 0 Å². The number of imide groups is 2. The fraction of sp³-hybridized carbons (Fsp3) is 0.536. The molecule has 2 aromatic carbocycles. The first-order chi connectivity index (χ1) is 47.5. The van der Waals surface area contributed by atoms with Crippen LogP contribution in [0.2, 0.25) is 0 Å². The SMILES string of the molecule is C[C@@H]1CC2CC2CC[C@](OCc2ccccc2)(C(F)(F)F)c2nnc(o2)-c2nc(c(C(F)(F)F)cc2N(C(=O)OC(C)(C)C)C(=O)OC(C)(C)C)O1.C[C@@H]1CC=CCC[C@](OCc2ccccc2)(C(F)(F)F)c2nnc(o2)-c2nc(c(C(F)(F)F)cc2N(C(=O)OC(C)(C)C)C(=O)OC(C)(C)C)O1. The highest BCUT2D eigenvalue weighted by Crippen LogP contribution is 2.54. The number of nitrogens with zero attached hydrogens (tertiary/aromatic N) is 8. The minimum atomic E-state index is -5.18. The van der Waals surface area contributed by atoms with Crippen molar-refractivity contribution in [1.82, 2.24) is 30.4 Å². The molecule has 2 aliphatic heterocycles. The van der Waals surface area contributed by atoms with E-state index in [4.69, 9.17) is 46.7 Å². The van der Waals surface area contributed by atoms with Crippen LogP contribution < -0.4 is 19.3 Å². The van der Waals surface area contributed by atoms with Gasteiger partial charge in [0, 0.05) is 6.42 Å². The number of halogens is 12. The van der Waals surface area contributed by atoms with Gasteiger partial charge in [0.1, 0.15) is 39.6 Å². The summed E-state index contributed by atoms with van der Waals surface area (Å²) in [7, 11) is 0. The highest BCUT2D eigenvalue weighted by atomic mass is 19.4. The largest absolute Gasteiger partial charge is 0.474 e. The maximum atomic E-state index is 15.3. The van der Waals surface area contributed by atoms with Crippen LogP contribution in [0.5, 0.6) is 11.8 Å². The van der Waals surface area contributed by atoms with Gasteiger partial charge in [-0.3, -0.25) is 0 Å². The molecular formula is C69H78F12N8O14. The Bertz CT molecular complexity index is 3950. The third-order valence-electron chi connectivity index (χ3n) is 15.3. The molecule has 0 saturated heterocycles. The van der Waals surface area contributed by atoms with E-state index in [0.717, 1.165) is 0 Å². The van der Waals surface area contributed by atoms with Crippen molar-refractivity contribution in [3.8, 4) is 34.9 Å². The van der Waals surface area contributed by atoms with Gasteiger partial charge in [-0.05, 0) is 171 Å². The zero-order valence-corrected chi connectivity index (χ0v) is 58.6. The topological polar surface area (TPSA) is 252 Å². The number of carbonyl (C=O) groups excluding carboxylic acids is 4. The Balaban J connectivity index is 0.000000261. The Hall–Kier alpha value is -9.08. The Morgan fingerprint density at radius 1 is 0.485 bits per heavy atom. The average Bonchev–Trinajstić information content (AvgIpc) is 1.68. The van der Waals surface area contributed by atoms with Crippen molar-refractivity contribution < 1.29 is 119 Å². The number of hydrogen-bond acceptors (Lipinski definition) is 20. The number of fused-ring (bicyclic) bond motifs is 11. The molecule has 3 aliphatic rings. The van der Waals surface area contributed by atoms with Crippen LogP contribution in [-0.4, -0.2) is 102 Å². The molecule has 8 bridgehead atoms. The minimum Gasteiger partial charge on any atom is -0.474 e. The molecule has 9 rings (SSSR count). The average molecular weight is 1470 g/mol. The fourth-order valence-electron chi connectivity index (χ4n) is 10.6. The lowest BCUT2D eigenvalue weighted by atomic mass is 9.93. The van der Waals surface area contributed by atoms with Gasteiger partial charge in [-0.25, -0.2) is 29.1 Å². The van der Waals surface area contributed by atoms with E-state index in [1.54, 1.807) is 60.7 Å². The number of alkyl halides is 12. The van der Waals surface area contributed by atoms with Crippen LogP contribution in [0.3, 0.4) is 0 Å². The van der Waals surface area contributed by atoms with Gasteiger partial charge in [0.15, 0.2) is 11.4 Å². The van der Waals surface area contributed by atoms with E-state index in [9.17, 15) is 45.5 Å². The first kappa shape index (κ1) is 79.6. The predicted molar refractivity (Wildman–Crippen MR) is 342 cm³/mol. The first-order valence-corrected chi connectivity index (χ1v) is 32.4. The number of ether oxygens (including phenoxy) is 8. The predicted octanol–water partition coefficient (Wildman–Crippen LogP) is 18.7. The van der Waals surface area contributed by atoms with E-state index in [1.165, 1.54) is 109 Å². The summed E-state index contributed by atoms with van der Waals surface area (Å²) in [6, 6.07) is 16.8. The van der Waals surface area contributed by atoms with Gasteiger partial charge in [0.2, 0.25) is 23.0 Å². The summed E-state index contributed by atoms with van der Waals surface area (Å²) < 4.78 is 235. The van der Waals surface area contributed by atoms with Crippen LogP contribution in [-0.2, 0) is 65.2 Å². The monoisotopic (exact) mass is 1470 g/mol. The van der Waals surface area contributed by atoms with Gasteiger partial charge in [-0.1, -0.05) is 72.8 Å². The number of hydrogen-bond donors (Lipinski definition) is 0. The lowest BCUT2D eigenvalue weighted by molar-refractivity contribution is -0.300. The van der Waals surface area contributed by atoms with Gasteiger partial charge < -0.3 is 46.7 Å². The molecule has 562 valence electrons. The number of anilines is 2. The smallest absolute Gasteiger partial charge is 0.426 e. The van der Waals surface area contributed by atoms with E-state index in [0.29, 0.717) is 29.7 Å². The molecule has 0 spiro atoms. The number of amides is 4. The van der Waals surface area contributed by atoms with Crippen LogP contribution in [0.15, 0.2) is 93.8 Å². The fourth-order valence-corrected chi connectivity index (χ4v) is 10.6. The van der Waals surface area contributed by atoms with Crippen molar-refractivity contribution in [2.75, 3.05) is 9.80 Å². The molecule has 1 fully saturated rings. The third-order valence-corrected chi connectivity index (χ3v) is 15.3. The molecule has 6 atom stereocenters. The standard InChI is InChI=1S/C35H40F6N4O7.C34H38F6N4O7/c1-19-15-22-16-21(22)13-14-33(35(39,40)41,48-18-20-11-9-8-10-12-20)28-44-43-27(50-28)25-24(17-23(34(36,37)38)26(42-25)49-19)45(29(46)51-31(2,3)4)30(47)52-32(5,6)7;1-20-14-10-9-13-17-32(34(38,39)40,47-19-21-15-11-8-12-16-21)27-43-42-26(49-27)24-23(18-22(33(35,36)37)25(41-24)48-20)44(28(45)50-30(2,3)4)29(46)51-31(5,6)7/h8-12,17,19,21-22H,13-16,18H2,1-7H3;8-12,15-16,18,20H,13-14,17,19H2,1-7H3/t19-,21?,22?,33-;20-,32-/m11/s1. The van der Waals surface area contributed by atoms with Gasteiger partial charge in [0.05, 0.1) is 30.7 Å². The van der Waals surface area contributed by atoms with Crippen molar-refractivity contribution in [3.05, 3.63) is 119 Å². The van der Waals surface area contributed by atoms with Crippen molar-refractivity contribution in [2.24, 2.45) is 11.8 Å². The highest BCUT2D eigenvalue weighted by Gasteiger charge is 2.63. The summed E-state index contributed by atoms with van der Waals surface area (Å²) in [6.07, 6.45) is -26.5. The van der Waals surface area contributed by atoms with Crippen molar-refractivity contribution in [2.45, 2.75) is 226 Å². The summed E-state index contributed by atoms with van der Waals surface area (Å²) in [4.78, 5) is 62.6. The molecule has 1 saturated carbocycles. The summed E-state index contributed by atoms with van der Waals surface area (Å²) >= 11 is 0. The molecule has 22 nitrogen and oxygen atoms in total. The Morgan fingerprint density at radius 3 is 1.21 bits per heavy atom. The molecule has 1 aliphatic carbocycles. The van der Waals surface area contributed by atoms with Crippen molar-refractivity contribution >= 4 is 35.7 Å². The van der Waals surface area contributed by atoms with Gasteiger partial charge in [-0.15, -0.1) is 20.4 Å². The van der Waals surface area contributed by atoms with Crippen LogP contribution >= 0.6 is 0 Å². The molecule has 6 heterocycles. The second-order valence-electron chi connectivity index (χ2n) is 28.7. The molecule has 4 amide bonds. The van der Waals surface area contributed by atoms with Crippen LogP contribution in [0.25, 0.3) is 23.2 Å². The summed E-state index contributed by atoms with van der Waals surface area (Å²) in [6.45, 7) is 19.2. The molecule has 2 unspecified atom stereocenters. The maximum Gasteiger partial charge on any atom is 0.426 e. The molecule has 0 N–H and O–H groups in total. The van der Waals surface area contributed by atoms with Crippen LogP contribution in [0, 0.1) is 11.8 Å². The summed E-state index contributed by atoms with van der Waals surface area (Å²) in [5.74, 6) is -6.29. The quantitative estimate of drug-likeness (QED) is 0.0780. The summed E-state index contributed by atoms with van der Waals surface area (Å²) in [5.41, 5.74) is -17.2. The molecule has 0 radical (unpaired) electrons. The number of allylic oxidation sites excluding steroid dienone is 1. The van der Waals surface area contributed by atoms with Gasteiger partial charge >= 0.3 is 49.1 Å². The van der Waals surface area contributed by atoms with Crippen LogP contribution in [0.4, 0.5) is 83.2 Å². The molecule has 103 heavy (non-hydrogen) atoms. The van der Waals surface area contributed by atoms with Crippen molar-refractivity contribution in [1.29, 1.82) is 0 Å². The Labute approximate surface area is 584 Å². The number of pyridine rings is 2.